The smallest absolute Gasteiger partial charge is 0.230 e. The van der Waals surface area contributed by atoms with Crippen LogP contribution in [0.2, 0.25) is 5.02 Å². The van der Waals surface area contributed by atoms with Gasteiger partial charge in [-0.2, -0.15) is 0 Å². The van der Waals surface area contributed by atoms with Crippen LogP contribution in [0, 0.1) is 0 Å². The summed E-state index contributed by atoms with van der Waals surface area (Å²) >= 11 is 6.17. The highest BCUT2D eigenvalue weighted by atomic mass is 35.5. The summed E-state index contributed by atoms with van der Waals surface area (Å²) in [6.07, 6.45) is 0.724. The molecule has 4 nitrogen and oxygen atoms in total. The van der Waals surface area contributed by atoms with Gasteiger partial charge in [0, 0.05) is 30.2 Å². The van der Waals surface area contributed by atoms with E-state index < -0.39 is 0 Å². The van der Waals surface area contributed by atoms with Crippen LogP contribution in [-0.2, 0) is 4.79 Å². The topological polar surface area (TPSA) is 41.6 Å². The molecule has 26 heavy (non-hydrogen) atoms. The zero-order chi connectivity index (χ0) is 17.2. The molecule has 4 rings (SSSR count). The van der Waals surface area contributed by atoms with E-state index in [2.05, 4.69) is 5.32 Å². The molecule has 0 aromatic heterocycles. The monoisotopic (exact) mass is 392 g/mol. The third kappa shape index (κ3) is 3.68. The number of carbonyl (C=O) groups excluding carboxylic acids is 1. The highest BCUT2D eigenvalue weighted by Crippen LogP contribution is 2.36. The number of ether oxygens (including phenoxy) is 1. The second-order valence-electron chi connectivity index (χ2n) is 6.53. The van der Waals surface area contributed by atoms with E-state index in [1.165, 1.54) is 0 Å². The summed E-state index contributed by atoms with van der Waals surface area (Å²) in [6, 6.07) is 15.7. The molecular weight excluding hydrogens is 371 g/mol. The van der Waals surface area contributed by atoms with Gasteiger partial charge in [0.1, 0.15) is 5.75 Å². The largest absolute Gasteiger partial charge is 0.493 e. The van der Waals surface area contributed by atoms with E-state index in [4.69, 9.17) is 16.3 Å². The van der Waals surface area contributed by atoms with E-state index in [0.29, 0.717) is 18.2 Å². The number of halogens is 2. The number of hydrogen-bond donors (Lipinski definition) is 1. The van der Waals surface area contributed by atoms with Crippen LogP contribution in [0.25, 0.3) is 0 Å². The molecule has 6 heteroatoms. The summed E-state index contributed by atoms with van der Waals surface area (Å²) in [5, 5.41) is 4.10. The van der Waals surface area contributed by atoms with Crippen LogP contribution in [0.15, 0.2) is 48.5 Å². The minimum Gasteiger partial charge on any atom is -0.493 e. The Morgan fingerprint density at radius 2 is 2.04 bits per heavy atom. The third-order valence-corrected chi connectivity index (χ3v) is 5.25. The van der Waals surface area contributed by atoms with Crippen molar-refractivity contribution in [2.45, 2.75) is 18.4 Å². The highest BCUT2D eigenvalue weighted by molar-refractivity contribution is 6.30. The van der Waals surface area contributed by atoms with Gasteiger partial charge in [0.15, 0.2) is 0 Å². The summed E-state index contributed by atoms with van der Waals surface area (Å²) in [7, 11) is 0. The SMILES string of the molecule is Cl.O=C(C1CCOc2ccccc21)N1CCNCC1c1cccc(Cl)c1. The fourth-order valence-electron chi connectivity index (χ4n) is 3.78. The number of rotatable bonds is 2. The van der Waals surface area contributed by atoms with Crippen LogP contribution in [0.4, 0.5) is 0 Å². The zero-order valence-electron chi connectivity index (χ0n) is 14.4. The summed E-state index contributed by atoms with van der Waals surface area (Å²) < 4.78 is 5.72. The first-order chi connectivity index (χ1) is 12.2. The molecule has 0 spiro atoms. The van der Waals surface area contributed by atoms with E-state index in [9.17, 15) is 4.79 Å². The standard InChI is InChI=1S/C20H21ClN2O2.ClH/c21-15-5-3-4-14(12-15)18-13-22-9-10-23(18)20(24)17-8-11-25-19-7-2-1-6-16(17)19;/h1-7,12,17-18,22H,8-11,13H2;1H. The Morgan fingerprint density at radius 1 is 1.19 bits per heavy atom. The number of benzene rings is 2. The van der Waals surface area contributed by atoms with Crippen molar-refractivity contribution in [1.82, 2.24) is 10.2 Å². The van der Waals surface area contributed by atoms with Crippen molar-refractivity contribution in [3.63, 3.8) is 0 Å². The maximum Gasteiger partial charge on any atom is 0.230 e. The Morgan fingerprint density at radius 3 is 2.88 bits per heavy atom. The molecule has 1 saturated heterocycles. The quantitative estimate of drug-likeness (QED) is 0.844. The van der Waals surface area contributed by atoms with Gasteiger partial charge in [-0.3, -0.25) is 4.79 Å². The molecule has 0 aliphatic carbocycles. The van der Waals surface area contributed by atoms with Gasteiger partial charge in [-0.15, -0.1) is 12.4 Å². The lowest BCUT2D eigenvalue weighted by atomic mass is 9.90. The lowest BCUT2D eigenvalue weighted by Gasteiger charge is -2.39. The van der Waals surface area contributed by atoms with Crippen molar-refractivity contribution in [1.29, 1.82) is 0 Å². The van der Waals surface area contributed by atoms with E-state index in [0.717, 1.165) is 36.4 Å². The average molecular weight is 393 g/mol. The van der Waals surface area contributed by atoms with Crippen molar-refractivity contribution in [2.75, 3.05) is 26.2 Å². The average Bonchev–Trinajstić information content (AvgIpc) is 2.67. The highest BCUT2D eigenvalue weighted by Gasteiger charge is 2.35. The molecule has 2 aliphatic heterocycles. The van der Waals surface area contributed by atoms with Crippen LogP contribution in [0.3, 0.4) is 0 Å². The predicted octanol–water partition coefficient (Wildman–Crippen LogP) is 3.80. The number of nitrogens with zero attached hydrogens (tertiary/aromatic N) is 1. The van der Waals surface area contributed by atoms with E-state index in [-0.39, 0.29) is 30.3 Å². The van der Waals surface area contributed by atoms with Crippen molar-refractivity contribution < 1.29 is 9.53 Å². The molecule has 138 valence electrons. The number of fused-ring (bicyclic) bond motifs is 1. The van der Waals surface area contributed by atoms with E-state index in [1.807, 2.05) is 53.4 Å². The fraction of sp³-hybridized carbons (Fsp3) is 0.350. The molecule has 2 unspecified atom stereocenters. The summed E-state index contributed by atoms with van der Waals surface area (Å²) in [6.45, 7) is 2.85. The maximum absolute atomic E-state index is 13.4. The molecule has 1 N–H and O–H groups in total. The van der Waals surface area contributed by atoms with Crippen LogP contribution in [0.1, 0.15) is 29.5 Å². The summed E-state index contributed by atoms with van der Waals surface area (Å²) in [5.41, 5.74) is 2.08. The lowest BCUT2D eigenvalue weighted by molar-refractivity contribution is -0.137. The maximum atomic E-state index is 13.4. The Balaban J connectivity index is 0.00000196. The Hall–Kier alpha value is -1.75. The first kappa shape index (κ1) is 19.0. The van der Waals surface area contributed by atoms with Crippen molar-refractivity contribution in [3.05, 3.63) is 64.7 Å². The van der Waals surface area contributed by atoms with Crippen molar-refractivity contribution >= 4 is 29.9 Å². The molecular formula is C20H22Cl2N2O2. The van der Waals surface area contributed by atoms with Crippen LogP contribution in [0.5, 0.6) is 5.75 Å². The van der Waals surface area contributed by atoms with Gasteiger partial charge in [0.05, 0.1) is 18.6 Å². The lowest BCUT2D eigenvalue weighted by Crippen LogP contribution is -2.50. The van der Waals surface area contributed by atoms with Gasteiger partial charge in [0.2, 0.25) is 5.91 Å². The first-order valence-electron chi connectivity index (χ1n) is 8.72. The fourth-order valence-corrected chi connectivity index (χ4v) is 3.98. The molecule has 1 fully saturated rings. The number of carbonyl (C=O) groups is 1. The van der Waals surface area contributed by atoms with Crippen LogP contribution < -0.4 is 10.1 Å². The van der Waals surface area contributed by atoms with E-state index in [1.54, 1.807) is 0 Å². The minimum absolute atomic E-state index is 0. The third-order valence-electron chi connectivity index (χ3n) is 5.02. The number of piperazine rings is 1. The Kier molecular flexibility index (Phi) is 6.07. The molecule has 2 heterocycles. The van der Waals surface area contributed by atoms with E-state index >= 15 is 0 Å². The Labute approximate surface area is 164 Å². The number of para-hydroxylation sites is 1. The predicted molar refractivity (Wildman–Crippen MR) is 105 cm³/mol. The first-order valence-corrected chi connectivity index (χ1v) is 9.10. The summed E-state index contributed by atoms with van der Waals surface area (Å²) in [5.74, 6) is 0.883. The molecule has 1 amide bonds. The van der Waals surface area contributed by atoms with Crippen molar-refractivity contribution in [3.8, 4) is 5.75 Å². The van der Waals surface area contributed by atoms with Gasteiger partial charge >= 0.3 is 0 Å². The second-order valence-corrected chi connectivity index (χ2v) is 6.97. The molecule has 0 saturated carbocycles. The normalized spacial score (nSPS) is 22.0. The molecule has 2 aliphatic rings. The molecule has 2 aromatic carbocycles. The zero-order valence-corrected chi connectivity index (χ0v) is 15.9. The number of nitrogens with one attached hydrogen (secondary N) is 1. The Bertz CT molecular complexity index is 784. The van der Waals surface area contributed by atoms with Gasteiger partial charge in [-0.25, -0.2) is 0 Å². The molecule has 2 aromatic rings. The van der Waals surface area contributed by atoms with Crippen molar-refractivity contribution in [2.24, 2.45) is 0 Å². The molecule has 2 atom stereocenters. The van der Waals surface area contributed by atoms with Crippen LogP contribution >= 0.6 is 24.0 Å². The van der Waals surface area contributed by atoms with Gasteiger partial charge in [0.25, 0.3) is 0 Å². The summed E-state index contributed by atoms with van der Waals surface area (Å²) in [4.78, 5) is 15.4. The number of amides is 1. The van der Waals surface area contributed by atoms with Gasteiger partial charge in [-0.05, 0) is 30.2 Å². The van der Waals surface area contributed by atoms with Crippen LogP contribution in [-0.4, -0.2) is 37.0 Å². The van der Waals surface area contributed by atoms with Gasteiger partial charge < -0.3 is 15.0 Å². The van der Waals surface area contributed by atoms with Gasteiger partial charge in [-0.1, -0.05) is 41.9 Å². The molecule has 0 bridgehead atoms. The minimum atomic E-state index is -0.135. The number of hydrogen-bond acceptors (Lipinski definition) is 3. The second kappa shape index (κ2) is 8.30. The molecule has 0 radical (unpaired) electrons.